The van der Waals surface area contributed by atoms with Gasteiger partial charge < -0.3 is 4.74 Å². The zero-order valence-corrected chi connectivity index (χ0v) is 9.31. The third kappa shape index (κ3) is 2.24. The zero-order valence-electron chi connectivity index (χ0n) is 9.31. The van der Waals surface area contributed by atoms with Gasteiger partial charge in [-0.05, 0) is 19.3 Å². The van der Waals surface area contributed by atoms with Crippen molar-refractivity contribution in [3.63, 3.8) is 0 Å². The molecule has 1 saturated heterocycles. The van der Waals surface area contributed by atoms with E-state index in [4.69, 9.17) is 4.74 Å². The fraction of sp³-hybridized carbons (Fsp3) is 0.636. The van der Waals surface area contributed by atoms with Crippen LogP contribution in [0.25, 0.3) is 0 Å². The summed E-state index contributed by atoms with van der Waals surface area (Å²) in [5, 5.41) is 0. The second-order valence-corrected chi connectivity index (χ2v) is 4.10. The van der Waals surface area contributed by atoms with Gasteiger partial charge in [0.2, 0.25) is 0 Å². The first-order valence-electron chi connectivity index (χ1n) is 5.67. The van der Waals surface area contributed by atoms with E-state index in [0.717, 1.165) is 25.7 Å². The first-order valence-corrected chi connectivity index (χ1v) is 5.67. The summed E-state index contributed by atoms with van der Waals surface area (Å²) >= 11 is 0. The largest absolute Gasteiger partial charge is 0.355 e. The van der Waals surface area contributed by atoms with E-state index in [2.05, 4.69) is 11.9 Å². The van der Waals surface area contributed by atoms with Crippen LogP contribution in [0, 0.1) is 0 Å². The molecule has 0 radical (unpaired) electrons. The summed E-state index contributed by atoms with van der Waals surface area (Å²) in [6.07, 6.45) is 5.43. The molecule has 5 heteroatoms. The third-order valence-corrected chi connectivity index (χ3v) is 2.86. The van der Waals surface area contributed by atoms with E-state index in [1.807, 2.05) is 0 Å². The number of hydrogen-bond donors (Lipinski definition) is 1. The molecule has 0 bridgehead atoms. The van der Waals surface area contributed by atoms with Gasteiger partial charge >= 0.3 is 5.69 Å². The van der Waals surface area contributed by atoms with Gasteiger partial charge in [-0.2, -0.15) is 0 Å². The molecular formula is C11H16N2O3. The molecule has 0 aromatic carbocycles. The fourth-order valence-electron chi connectivity index (χ4n) is 2.08. The topological polar surface area (TPSA) is 64.1 Å². The number of hydrogen-bond acceptors (Lipinski definition) is 3. The molecule has 0 amide bonds. The van der Waals surface area contributed by atoms with Crippen LogP contribution in [0.5, 0.6) is 0 Å². The Hall–Kier alpha value is -1.36. The van der Waals surface area contributed by atoms with E-state index in [1.165, 1.54) is 16.8 Å². The monoisotopic (exact) mass is 224 g/mol. The molecule has 1 N–H and O–H groups in total. The number of rotatable bonds is 3. The van der Waals surface area contributed by atoms with Gasteiger partial charge in [0.05, 0.1) is 6.10 Å². The molecule has 2 unspecified atom stereocenters. The molecular weight excluding hydrogens is 208 g/mol. The normalized spacial score (nSPS) is 24.8. The molecule has 0 aliphatic carbocycles. The second-order valence-electron chi connectivity index (χ2n) is 4.10. The Morgan fingerprint density at radius 2 is 2.31 bits per heavy atom. The molecule has 2 rings (SSSR count). The van der Waals surface area contributed by atoms with Gasteiger partial charge in [-0.1, -0.05) is 13.3 Å². The molecule has 1 aromatic heterocycles. The molecule has 2 atom stereocenters. The average molecular weight is 224 g/mol. The molecule has 0 saturated carbocycles. The zero-order chi connectivity index (χ0) is 11.5. The van der Waals surface area contributed by atoms with E-state index in [1.54, 1.807) is 0 Å². The minimum atomic E-state index is -0.394. The predicted octanol–water partition coefficient (Wildman–Crippen LogP) is 1.01. The maximum absolute atomic E-state index is 11.5. The molecule has 1 aliphatic heterocycles. The van der Waals surface area contributed by atoms with Crippen LogP contribution in [-0.2, 0) is 4.74 Å². The van der Waals surface area contributed by atoms with Crippen LogP contribution in [0.1, 0.15) is 38.8 Å². The van der Waals surface area contributed by atoms with Crippen LogP contribution in [0.2, 0.25) is 0 Å². The highest BCUT2D eigenvalue weighted by Gasteiger charge is 2.26. The van der Waals surface area contributed by atoms with Crippen molar-refractivity contribution in [2.24, 2.45) is 0 Å². The Morgan fingerprint density at radius 3 is 3.00 bits per heavy atom. The summed E-state index contributed by atoms with van der Waals surface area (Å²) < 4.78 is 7.20. The Kier molecular flexibility index (Phi) is 3.24. The van der Waals surface area contributed by atoms with Crippen molar-refractivity contribution < 1.29 is 4.74 Å². The summed E-state index contributed by atoms with van der Waals surface area (Å²) in [6.45, 7) is 2.11. The lowest BCUT2D eigenvalue weighted by Gasteiger charge is -2.14. The quantitative estimate of drug-likeness (QED) is 0.833. The van der Waals surface area contributed by atoms with E-state index in [0.29, 0.717) is 0 Å². The van der Waals surface area contributed by atoms with E-state index in [9.17, 15) is 9.59 Å². The third-order valence-electron chi connectivity index (χ3n) is 2.86. The van der Waals surface area contributed by atoms with Crippen molar-refractivity contribution in [3.05, 3.63) is 33.1 Å². The van der Waals surface area contributed by atoms with Gasteiger partial charge in [-0.3, -0.25) is 14.3 Å². The molecule has 0 spiro atoms. The van der Waals surface area contributed by atoms with Crippen molar-refractivity contribution in [2.75, 3.05) is 0 Å². The molecule has 1 fully saturated rings. The van der Waals surface area contributed by atoms with E-state index < -0.39 is 5.69 Å². The lowest BCUT2D eigenvalue weighted by molar-refractivity contribution is -0.00435. The van der Waals surface area contributed by atoms with Crippen LogP contribution in [0.3, 0.4) is 0 Å². The van der Waals surface area contributed by atoms with Crippen molar-refractivity contribution in [3.8, 4) is 0 Å². The fourth-order valence-corrected chi connectivity index (χ4v) is 2.08. The van der Waals surface area contributed by atoms with Crippen LogP contribution >= 0.6 is 0 Å². The van der Waals surface area contributed by atoms with E-state index in [-0.39, 0.29) is 17.9 Å². The molecule has 2 heterocycles. The lowest BCUT2D eigenvalue weighted by atomic mass is 10.1. The molecule has 1 aromatic rings. The maximum atomic E-state index is 11.5. The minimum Gasteiger partial charge on any atom is -0.355 e. The maximum Gasteiger partial charge on any atom is 0.330 e. The second kappa shape index (κ2) is 4.65. The van der Waals surface area contributed by atoms with Gasteiger partial charge in [0, 0.05) is 12.3 Å². The lowest BCUT2D eigenvalue weighted by Crippen LogP contribution is -2.31. The van der Waals surface area contributed by atoms with Gasteiger partial charge in [-0.25, -0.2) is 4.79 Å². The number of nitrogens with one attached hydrogen (secondary N) is 1. The number of ether oxygens (including phenoxy) is 1. The summed E-state index contributed by atoms with van der Waals surface area (Å²) in [4.78, 5) is 24.7. The summed E-state index contributed by atoms with van der Waals surface area (Å²) in [5.41, 5.74) is -0.765. The average Bonchev–Trinajstić information content (AvgIpc) is 2.67. The molecule has 16 heavy (non-hydrogen) atoms. The van der Waals surface area contributed by atoms with Gasteiger partial charge in [0.25, 0.3) is 5.56 Å². The van der Waals surface area contributed by atoms with Crippen LogP contribution in [-0.4, -0.2) is 15.7 Å². The van der Waals surface area contributed by atoms with Crippen LogP contribution < -0.4 is 11.2 Å². The number of aromatic nitrogens is 2. The van der Waals surface area contributed by atoms with Crippen molar-refractivity contribution in [2.45, 2.75) is 44.9 Å². The minimum absolute atomic E-state index is 0.221. The number of aromatic amines is 1. The molecule has 88 valence electrons. The SMILES string of the molecule is CCCC1CCC(n2ccc(=O)[nH]c2=O)O1. The summed E-state index contributed by atoms with van der Waals surface area (Å²) in [7, 11) is 0. The summed E-state index contributed by atoms with van der Waals surface area (Å²) in [6, 6.07) is 1.35. The Bertz CT molecular complexity index is 463. The standard InChI is InChI=1S/C11H16N2O3/c1-2-3-8-4-5-10(16-8)13-7-6-9(14)12-11(13)15/h6-8,10H,2-5H2,1H3,(H,12,14,15). The Labute approximate surface area is 93.1 Å². The first-order chi connectivity index (χ1) is 7.70. The van der Waals surface area contributed by atoms with Gasteiger partial charge in [-0.15, -0.1) is 0 Å². The Balaban J connectivity index is 2.14. The van der Waals surface area contributed by atoms with Crippen LogP contribution in [0.4, 0.5) is 0 Å². The molecule has 1 aliphatic rings. The van der Waals surface area contributed by atoms with Gasteiger partial charge in [0.15, 0.2) is 0 Å². The van der Waals surface area contributed by atoms with Crippen LogP contribution in [0.15, 0.2) is 21.9 Å². The number of nitrogens with zero attached hydrogens (tertiary/aromatic N) is 1. The van der Waals surface area contributed by atoms with Gasteiger partial charge in [0.1, 0.15) is 6.23 Å². The van der Waals surface area contributed by atoms with Crippen molar-refractivity contribution >= 4 is 0 Å². The Morgan fingerprint density at radius 1 is 1.50 bits per heavy atom. The number of H-pyrrole nitrogens is 1. The first kappa shape index (κ1) is 11.1. The van der Waals surface area contributed by atoms with Crippen molar-refractivity contribution in [1.82, 2.24) is 9.55 Å². The smallest absolute Gasteiger partial charge is 0.330 e. The van der Waals surface area contributed by atoms with E-state index >= 15 is 0 Å². The highest BCUT2D eigenvalue weighted by molar-refractivity contribution is 4.85. The molecule has 5 nitrogen and oxygen atoms in total. The predicted molar refractivity (Wildman–Crippen MR) is 59.4 cm³/mol. The highest BCUT2D eigenvalue weighted by atomic mass is 16.5. The van der Waals surface area contributed by atoms with Crippen molar-refractivity contribution in [1.29, 1.82) is 0 Å². The summed E-state index contributed by atoms with van der Waals surface area (Å²) in [5.74, 6) is 0. The highest BCUT2D eigenvalue weighted by Crippen LogP contribution is 2.28.